The number of nitrogens with one attached hydrogen (secondary N) is 1. The Morgan fingerprint density at radius 2 is 1.94 bits per heavy atom. The summed E-state index contributed by atoms with van der Waals surface area (Å²) >= 11 is 0. The fraction of sp³-hybridized carbons (Fsp3) is 0.917. The van der Waals surface area contributed by atoms with Gasteiger partial charge in [-0.25, -0.2) is 4.79 Å². The van der Waals surface area contributed by atoms with Gasteiger partial charge < -0.3 is 16.0 Å². The first-order chi connectivity index (χ1) is 8.70. The van der Waals surface area contributed by atoms with Gasteiger partial charge in [-0.2, -0.15) is 0 Å². The topological polar surface area (TPSA) is 64.8 Å². The Labute approximate surface area is 109 Å². The number of carbonyl (C=O) groups excluding carboxylic acids is 1. The van der Waals surface area contributed by atoms with Crippen molar-refractivity contribution in [2.24, 2.45) is 5.73 Å². The molecular formula is C12H25N5O. The molecular weight excluding hydrogens is 230 g/mol. The molecule has 0 aromatic heterocycles. The van der Waals surface area contributed by atoms with E-state index in [-0.39, 0.29) is 6.03 Å². The molecule has 0 spiro atoms. The number of hydrogen-bond acceptors (Lipinski definition) is 4. The van der Waals surface area contributed by atoms with E-state index in [1.54, 1.807) is 0 Å². The summed E-state index contributed by atoms with van der Waals surface area (Å²) in [5.41, 5.74) is 5.69. The van der Waals surface area contributed by atoms with Gasteiger partial charge in [-0.05, 0) is 6.92 Å². The number of nitrogens with two attached hydrogens (primary N) is 1. The first-order valence-electron chi connectivity index (χ1n) is 6.90. The third kappa shape index (κ3) is 3.34. The molecule has 2 rings (SSSR count). The molecule has 3 N–H and O–H groups in total. The molecule has 6 nitrogen and oxygen atoms in total. The second-order valence-corrected chi connectivity index (χ2v) is 5.18. The van der Waals surface area contributed by atoms with Crippen molar-refractivity contribution in [1.82, 2.24) is 20.0 Å². The van der Waals surface area contributed by atoms with Crippen LogP contribution in [0.4, 0.5) is 4.79 Å². The molecule has 104 valence electrons. The number of piperazine rings is 1. The summed E-state index contributed by atoms with van der Waals surface area (Å²) in [6.45, 7) is 10.7. The summed E-state index contributed by atoms with van der Waals surface area (Å²) in [5.74, 6) is 0. The normalized spacial score (nSPS) is 24.3. The standard InChI is InChI=1S/C12H25N5O/c1-11(10-13)16-7-4-15(5-8-16)6-9-17-3-2-14-12(17)18/h11H,2-10,13H2,1H3,(H,14,18). The molecule has 2 aliphatic rings. The van der Waals surface area contributed by atoms with E-state index < -0.39 is 0 Å². The van der Waals surface area contributed by atoms with Crippen molar-refractivity contribution in [3.05, 3.63) is 0 Å². The van der Waals surface area contributed by atoms with Crippen LogP contribution in [0, 0.1) is 0 Å². The van der Waals surface area contributed by atoms with Crippen LogP contribution in [0.5, 0.6) is 0 Å². The zero-order chi connectivity index (χ0) is 13.0. The molecule has 0 aromatic rings. The molecule has 2 aliphatic heterocycles. The van der Waals surface area contributed by atoms with E-state index in [9.17, 15) is 4.79 Å². The van der Waals surface area contributed by atoms with Gasteiger partial charge in [0.25, 0.3) is 0 Å². The van der Waals surface area contributed by atoms with E-state index in [1.165, 1.54) is 0 Å². The van der Waals surface area contributed by atoms with Gasteiger partial charge in [-0.3, -0.25) is 9.80 Å². The van der Waals surface area contributed by atoms with Crippen molar-refractivity contribution < 1.29 is 4.79 Å². The summed E-state index contributed by atoms with van der Waals surface area (Å²) in [6.07, 6.45) is 0. The quantitative estimate of drug-likeness (QED) is 0.660. The summed E-state index contributed by atoms with van der Waals surface area (Å²) in [4.78, 5) is 18.2. The molecule has 1 atom stereocenters. The predicted octanol–water partition coefficient (Wildman–Crippen LogP) is -1.02. The summed E-state index contributed by atoms with van der Waals surface area (Å²) in [7, 11) is 0. The Morgan fingerprint density at radius 1 is 1.22 bits per heavy atom. The van der Waals surface area contributed by atoms with Gasteiger partial charge >= 0.3 is 6.03 Å². The lowest BCUT2D eigenvalue weighted by atomic mass is 10.2. The lowest BCUT2D eigenvalue weighted by Crippen LogP contribution is -2.52. The minimum absolute atomic E-state index is 0.0883. The maximum absolute atomic E-state index is 11.4. The van der Waals surface area contributed by atoms with Gasteiger partial charge in [0.2, 0.25) is 0 Å². The fourth-order valence-corrected chi connectivity index (χ4v) is 2.56. The lowest BCUT2D eigenvalue weighted by Gasteiger charge is -2.38. The Bertz CT molecular complexity index is 278. The van der Waals surface area contributed by atoms with Gasteiger partial charge in [-0.1, -0.05) is 0 Å². The van der Waals surface area contributed by atoms with E-state index in [1.807, 2.05) is 4.90 Å². The van der Waals surface area contributed by atoms with E-state index in [4.69, 9.17) is 5.73 Å². The largest absolute Gasteiger partial charge is 0.336 e. The number of rotatable bonds is 5. The fourth-order valence-electron chi connectivity index (χ4n) is 2.56. The van der Waals surface area contributed by atoms with Crippen LogP contribution in [-0.4, -0.2) is 85.7 Å². The highest BCUT2D eigenvalue weighted by Crippen LogP contribution is 2.06. The summed E-state index contributed by atoms with van der Waals surface area (Å²) < 4.78 is 0. The second kappa shape index (κ2) is 6.36. The first kappa shape index (κ1) is 13.6. The van der Waals surface area contributed by atoms with Gasteiger partial charge in [0.05, 0.1) is 0 Å². The van der Waals surface area contributed by atoms with Crippen molar-refractivity contribution in [1.29, 1.82) is 0 Å². The molecule has 0 bridgehead atoms. The summed E-state index contributed by atoms with van der Waals surface area (Å²) in [5, 5.41) is 2.83. The van der Waals surface area contributed by atoms with Crippen molar-refractivity contribution in [2.45, 2.75) is 13.0 Å². The lowest BCUT2D eigenvalue weighted by molar-refractivity contribution is 0.0998. The van der Waals surface area contributed by atoms with E-state index in [0.717, 1.165) is 58.9 Å². The number of nitrogens with zero attached hydrogens (tertiary/aromatic N) is 3. The van der Waals surface area contributed by atoms with Crippen LogP contribution in [-0.2, 0) is 0 Å². The third-order valence-electron chi connectivity index (χ3n) is 4.00. The minimum Gasteiger partial charge on any atom is -0.336 e. The SMILES string of the molecule is CC(CN)N1CCN(CCN2CCNC2=O)CC1. The van der Waals surface area contributed by atoms with E-state index in [0.29, 0.717) is 6.04 Å². The van der Waals surface area contributed by atoms with Gasteiger partial charge in [0.15, 0.2) is 0 Å². The van der Waals surface area contributed by atoms with Crippen molar-refractivity contribution in [2.75, 3.05) is 58.9 Å². The zero-order valence-electron chi connectivity index (χ0n) is 11.3. The van der Waals surface area contributed by atoms with Crippen LogP contribution in [0.1, 0.15) is 6.92 Å². The third-order valence-corrected chi connectivity index (χ3v) is 4.00. The van der Waals surface area contributed by atoms with Crippen LogP contribution < -0.4 is 11.1 Å². The summed E-state index contributed by atoms with van der Waals surface area (Å²) in [6, 6.07) is 0.571. The molecule has 0 aliphatic carbocycles. The number of carbonyl (C=O) groups is 1. The van der Waals surface area contributed by atoms with Crippen molar-refractivity contribution in [3.8, 4) is 0 Å². The van der Waals surface area contributed by atoms with E-state index in [2.05, 4.69) is 22.0 Å². The highest BCUT2D eigenvalue weighted by atomic mass is 16.2. The molecule has 2 heterocycles. The van der Waals surface area contributed by atoms with Crippen molar-refractivity contribution >= 4 is 6.03 Å². The number of hydrogen-bond donors (Lipinski definition) is 2. The zero-order valence-corrected chi connectivity index (χ0v) is 11.3. The maximum atomic E-state index is 11.4. The van der Waals surface area contributed by atoms with Gasteiger partial charge in [-0.15, -0.1) is 0 Å². The number of urea groups is 1. The average Bonchev–Trinajstić information content (AvgIpc) is 2.81. The Balaban J connectivity index is 1.66. The van der Waals surface area contributed by atoms with Crippen LogP contribution in [0.15, 0.2) is 0 Å². The van der Waals surface area contributed by atoms with Crippen LogP contribution in [0.2, 0.25) is 0 Å². The molecule has 2 amide bonds. The van der Waals surface area contributed by atoms with E-state index >= 15 is 0 Å². The Morgan fingerprint density at radius 3 is 2.50 bits per heavy atom. The van der Waals surface area contributed by atoms with Crippen LogP contribution >= 0.6 is 0 Å². The Kier molecular flexibility index (Phi) is 4.79. The molecule has 2 saturated heterocycles. The number of amides is 2. The van der Waals surface area contributed by atoms with Crippen LogP contribution in [0.3, 0.4) is 0 Å². The van der Waals surface area contributed by atoms with Crippen molar-refractivity contribution in [3.63, 3.8) is 0 Å². The molecule has 0 aromatic carbocycles. The molecule has 6 heteroatoms. The van der Waals surface area contributed by atoms with Gasteiger partial charge in [0, 0.05) is 64.9 Å². The molecule has 18 heavy (non-hydrogen) atoms. The molecule has 2 fully saturated rings. The molecule has 0 radical (unpaired) electrons. The first-order valence-corrected chi connectivity index (χ1v) is 6.90. The smallest absolute Gasteiger partial charge is 0.317 e. The highest BCUT2D eigenvalue weighted by Gasteiger charge is 2.23. The molecule has 1 unspecified atom stereocenters. The maximum Gasteiger partial charge on any atom is 0.317 e. The highest BCUT2D eigenvalue weighted by molar-refractivity contribution is 5.76. The molecule has 0 saturated carbocycles. The Hall–Kier alpha value is -0.850. The average molecular weight is 255 g/mol. The minimum atomic E-state index is 0.0883. The van der Waals surface area contributed by atoms with Crippen LogP contribution in [0.25, 0.3) is 0 Å². The monoisotopic (exact) mass is 255 g/mol. The predicted molar refractivity (Wildman–Crippen MR) is 71.5 cm³/mol. The second-order valence-electron chi connectivity index (χ2n) is 5.18. The van der Waals surface area contributed by atoms with Gasteiger partial charge in [0.1, 0.15) is 0 Å².